The van der Waals surface area contributed by atoms with Crippen molar-refractivity contribution < 1.29 is 9.59 Å². The van der Waals surface area contributed by atoms with Crippen LogP contribution in [0, 0.1) is 0 Å². The molecule has 2 aliphatic heterocycles. The molecule has 0 aliphatic carbocycles. The highest BCUT2D eigenvalue weighted by atomic mass is 16.2. The molecule has 1 amide bonds. The molecule has 13 heavy (non-hydrogen) atoms. The van der Waals surface area contributed by atoms with E-state index in [-0.39, 0.29) is 24.4 Å². The molecule has 6 heteroatoms. The Morgan fingerprint density at radius 1 is 1.15 bits per heavy atom. The van der Waals surface area contributed by atoms with Gasteiger partial charge in [-0.1, -0.05) is 0 Å². The van der Waals surface area contributed by atoms with Crippen LogP contribution in [0.2, 0.25) is 0 Å². The highest BCUT2D eigenvalue weighted by molar-refractivity contribution is 6.36. The van der Waals surface area contributed by atoms with E-state index in [1.165, 1.54) is 0 Å². The Hall–Kier alpha value is -0.980. The molecule has 2 rings (SSSR count). The Morgan fingerprint density at radius 2 is 1.92 bits per heavy atom. The van der Waals surface area contributed by atoms with Crippen LogP contribution in [0.15, 0.2) is 0 Å². The van der Waals surface area contributed by atoms with Crippen LogP contribution in [0.3, 0.4) is 0 Å². The number of nitrogens with one attached hydrogen (secondary N) is 4. The van der Waals surface area contributed by atoms with Gasteiger partial charge in [0.15, 0.2) is 0 Å². The highest BCUT2D eigenvalue weighted by Gasteiger charge is 2.32. The van der Waals surface area contributed by atoms with E-state index in [1.807, 2.05) is 0 Å². The van der Waals surface area contributed by atoms with Crippen molar-refractivity contribution in [2.45, 2.75) is 18.6 Å². The number of ketones is 1. The molecule has 2 saturated heterocycles. The van der Waals surface area contributed by atoms with Gasteiger partial charge in [-0.15, -0.1) is 0 Å². The fourth-order valence-electron chi connectivity index (χ4n) is 1.59. The van der Waals surface area contributed by atoms with Crippen molar-refractivity contribution >= 4 is 11.7 Å². The van der Waals surface area contributed by atoms with Gasteiger partial charge in [-0.05, 0) is 0 Å². The summed E-state index contributed by atoms with van der Waals surface area (Å²) in [6.45, 7) is 1.66. The van der Waals surface area contributed by atoms with Crippen LogP contribution < -0.4 is 21.5 Å². The monoisotopic (exact) mass is 184 g/mol. The van der Waals surface area contributed by atoms with E-state index in [0.717, 1.165) is 13.1 Å². The van der Waals surface area contributed by atoms with Crippen molar-refractivity contribution in [3.63, 3.8) is 0 Å². The van der Waals surface area contributed by atoms with E-state index in [4.69, 9.17) is 0 Å². The smallest absolute Gasteiger partial charge is 0.301 e. The lowest BCUT2D eigenvalue weighted by molar-refractivity contribution is -0.138. The first-order valence-corrected chi connectivity index (χ1v) is 4.33. The summed E-state index contributed by atoms with van der Waals surface area (Å²) in [5.41, 5.74) is 5.12. The average molecular weight is 184 g/mol. The lowest BCUT2D eigenvalue weighted by Crippen LogP contribution is -2.63. The first-order chi connectivity index (χ1) is 6.27. The molecule has 2 aliphatic rings. The van der Waals surface area contributed by atoms with Crippen molar-refractivity contribution in [3.8, 4) is 0 Å². The van der Waals surface area contributed by atoms with Gasteiger partial charge in [-0.3, -0.25) is 20.3 Å². The summed E-state index contributed by atoms with van der Waals surface area (Å²) in [7, 11) is 0. The molecule has 2 unspecified atom stereocenters. The normalized spacial score (nSPS) is 34.8. The van der Waals surface area contributed by atoms with Crippen LogP contribution in [-0.2, 0) is 9.59 Å². The second-order valence-corrected chi connectivity index (χ2v) is 3.22. The molecule has 0 aromatic carbocycles. The summed E-state index contributed by atoms with van der Waals surface area (Å²) in [4.78, 5) is 22.1. The predicted octanol–water partition coefficient (Wildman–Crippen LogP) is -2.53. The standard InChI is InChI=1S/C7H12N4O2/c12-5-3-4-6(9-2-1-8-4)10-11-7(5)13/h4,6,8-10H,1-3H2,(H,11,13). The summed E-state index contributed by atoms with van der Waals surface area (Å²) in [5.74, 6) is -0.936. The van der Waals surface area contributed by atoms with E-state index in [9.17, 15) is 9.59 Å². The molecule has 2 fully saturated rings. The molecule has 0 aromatic rings. The number of amides is 1. The van der Waals surface area contributed by atoms with Crippen molar-refractivity contribution in [1.82, 2.24) is 21.5 Å². The summed E-state index contributed by atoms with van der Waals surface area (Å²) >= 11 is 0. The third kappa shape index (κ3) is 1.69. The Bertz CT molecular complexity index is 243. The molecular formula is C7H12N4O2. The molecule has 6 nitrogen and oxygen atoms in total. The topological polar surface area (TPSA) is 82.3 Å². The first-order valence-electron chi connectivity index (χ1n) is 4.33. The van der Waals surface area contributed by atoms with Crippen LogP contribution >= 0.6 is 0 Å². The van der Waals surface area contributed by atoms with Gasteiger partial charge in [-0.25, -0.2) is 5.43 Å². The molecule has 0 spiro atoms. The van der Waals surface area contributed by atoms with E-state index >= 15 is 0 Å². The highest BCUT2D eigenvalue weighted by Crippen LogP contribution is 2.03. The van der Waals surface area contributed by atoms with Crippen LogP contribution in [0.1, 0.15) is 6.42 Å². The molecule has 72 valence electrons. The van der Waals surface area contributed by atoms with E-state index in [0.29, 0.717) is 0 Å². The number of carbonyl (C=O) groups excluding carboxylic acids is 2. The molecule has 0 radical (unpaired) electrons. The minimum atomic E-state index is -0.557. The van der Waals surface area contributed by atoms with Gasteiger partial charge in [0.1, 0.15) is 0 Å². The minimum Gasteiger partial charge on any atom is -0.309 e. The molecule has 0 bridgehead atoms. The van der Waals surface area contributed by atoms with Crippen molar-refractivity contribution in [2.24, 2.45) is 0 Å². The van der Waals surface area contributed by atoms with E-state index in [2.05, 4.69) is 21.5 Å². The zero-order valence-corrected chi connectivity index (χ0v) is 7.09. The Kier molecular flexibility index (Phi) is 2.26. The zero-order valence-electron chi connectivity index (χ0n) is 7.09. The number of Topliss-reactive ketones (excluding diaryl/α,β-unsaturated/α-hetero) is 1. The van der Waals surface area contributed by atoms with Gasteiger partial charge in [0.2, 0.25) is 5.78 Å². The van der Waals surface area contributed by atoms with Crippen LogP contribution in [0.4, 0.5) is 0 Å². The van der Waals surface area contributed by atoms with E-state index < -0.39 is 5.91 Å². The molecule has 0 saturated carbocycles. The average Bonchev–Trinajstić information content (AvgIpc) is 2.28. The van der Waals surface area contributed by atoms with Crippen molar-refractivity contribution in [3.05, 3.63) is 0 Å². The summed E-state index contributed by atoms with van der Waals surface area (Å²) in [6, 6.07) is 0.000185. The summed E-state index contributed by atoms with van der Waals surface area (Å²) in [5, 5.41) is 6.34. The number of fused-ring (bicyclic) bond motifs is 1. The van der Waals surface area contributed by atoms with Gasteiger partial charge in [0.05, 0.1) is 6.17 Å². The molecule has 0 aromatic heterocycles. The zero-order chi connectivity index (χ0) is 9.26. The number of hydrogen-bond acceptors (Lipinski definition) is 5. The van der Waals surface area contributed by atoms with Crippen LogP contribution in [0.25, 0.3) is 0 Å². The largest absolute Gasteiger partial charge is 0.309 e. The number of hydrazine groups is 1. The second kappa shape index (κ2) is 3.41. The Morgan fingerprint density at radius 3 is 2.77 bits per heavy atom. The van der Waals surface area contributed by atoms with Gasteiger partial charge >= 0.3 is 5.91 Å². The quantitative estimate of drug-likeness (QED) is 0.312. The van der Waals surface area contributed by atoms with Gasteiger partial charge in [-0.2, -0.15) is 0 Å². The lowest BCUT2D eigenvalue weighted by atomic mass is 10.1. The molecule has 4 N–H and O–H groups in total. The Balaban J connectivity index is 2.08. The van der Waals surface area contributed by atoms with Crippen molar-refractivity contribution in [2.75, 3.05) is 13.1 Å². The fraction of sp³-hybridized carbons (Fsp3) is 0.714. The third-order valence-electron chi connectivity index (χ3n) is 2.30. The van der Waals surface area contributed by atoms with Crippen LogP contribution in [-0.4, -0.2) is 37.0 Å². The minimum absolute atomic E-state index is 0.000185. The van der Waals surface area contributed by atoms with E-state index in [1.54, 1.807) is 0 Å². The van der Waals surface area contributed by atoms with Crippen LogP contribution in [0.5, 0.6) is 0 Å². The molecule has 2 atom stereocenters. The summed E-state index contributed by atoms with van der Waals surface area (Å²) < 4.78 is 0. The summed E-state index contributed by atoms with van der Waals surface area (Å²) in [6.07, 6.45) is 0.195. The van der Waals surface area contributed by atoms with Gasteiger partial charge in [0, 0.05) is 25.6 Å². The Labute approximate surface area is 75.4 Å². The maximum atomic E-state index is 11.1. The number of piperazine rings is 1. The van der Waals surface area contributed by atoms with Crippen molar-refractivity contribution in [1.29, 1.82) is 0 Å². The fourth-order valence-corrected chi connectivity index (χ4v) is 1.59. The molecule has 2 heterocycles. The first kappa shape index (κ1) is 8.61. The molecular weight excluding hydrogens is 172 g/mol. The van der Waals surface area contributed by atoms with Gasteiger partial charge in [0.25, 0.3) is 0 Å². The maximum Gasteiger partial charge on any atom is 0.301 e. The number of carbonyl (C=O) groups is 2. The lowest BCUT2D eigenvalue weighted by Gasteiger charge is -2.31. The third-order valence-corrected chi connectivity index (χ3v) is 2.30. The van der Waals surface area contributed by atoms with Gasteiger partial charge < -0.3 is 5.32 Å². The SMILES string of the molecule is O=C1CC2NCCNC2NNC1=O. The predicted molar refractivity (Wildman–Crippen MR) is 44.5 cm³/mol. The maximum absolute atomic E-state index is 11.1. The second-order valence-electron chi connectivity index (χ2n) is 3.22. The number of rotatable bonds is 0. The number of hydrogen-bond donors (Lipinski definition) is 4.